The summed E-state index contributed by atoms with van der Waals surface area (Å²) in [5.74, 6) is -1.03. The molecule has 1 atom stereocenters. The first-order chi connectivity index (χ1) is 14.0. The third-order valence-corrected chi connectivity index (χ3v) is 5.16. The summed E-state index contributed by atoms with van der Waals surface area (Å²) < 4.78 is 1.97. The lowest BCUT2D eigenvalue weighted by Crippen LogP contribution is -2.50. The molecule has 1 aliphatic rings. The Bertz CT molecular complexity index is 1030. The molecule has 3 aromatic rings. The maximum atomic E-state index is 12.8. The monoisotopic (exact) mass is 390 g/mol. The zero-order chi connectivity index (χ0) is 20.4. The maximum absolute atomic E-state index is 12.8. The molecule has 148 valence electrons. The Morgan fingerprint density at radius 2 is 1.86 bits per heavy atom. The second-order valence-corrected chi connectivity index (χ2v) is 7.23. The van der Waals surface area contributed by atoms with Crippen molar-refractivity contribution < 1.29 is 14.7 Å². The number of urea groups is 1. The summed E-state index contributed by atoms with van der Waals surface area (Å²) in [7, 11) is 0. The summed E-state index contributed by atoms with van der Waals surface area (Å²) in [5, 5.41) is 12.5. The Morgan fingerprint density at radius 1 is 1.14 bits per heavy atom. The molecule has 7 nitrogen and oxygen atoms in total. The van der Waals surface area contributed by atoms with Crippen LogP contribution in [0.2, 0.25) is 0 Å². The average Bonchev–Trinajstić information content (AvgIpc) is 3.11. The molecule has 0 spiro atoms. The summed E-state index contributed by atoms with van der Waals surface area (Å²) in [6.07, 6.45) is 1.94. The van der Waals surface area contributed by atoms with Crippen molar-refractivity contribution in [2.45, 2.75) is 32.5 Å². The van der Waals surface area contributed by atoms with Crippen molar-refractivity contribution in [2.75, 3.05) is 5.32 Å². The van der Waals surface area contributed by atoms with E-state index in [2.05, 4.69) is 10.3 Å². The molecule has 0 radical (unpaired) electrons. The number of aryl methyl sites for hydroxylation is 1. The zero-order valence-electron chi connectivity index (χ0n) is 16.1. The van der Waals surface area contributed by atoms with Gasteiger partial charge in [-0.3, -0.25) is 0 Å². The summed E-state index contributed by atoms with van der Waals surface area (Å²) >= 11 is 0. The van der Waals surface area contributed by atoms with Crippen LogP contribution in [0.3, 0.4) is 0 Å². The van der Waals surface area contributed by atoms with E-state index in [0.29, 0.717) is 12.2 Å². The lowest BCUT2D eigenvalue weighted by molar-refractivity contribution is -0.142. The summed E-state index contributed by atoms with van der Waals surface area (Å²) in [5.41, 5.74) is 4.42. The standard InChI is InChI=1S/C22H22N4O3/c1-15-7-9-17(10-8-15)24-22(29)26-13-18-19(11-20(26)21(27)28)25(14-23-18)12-16-5-3-2-4-6-16/h2-10,14,20H,11-13H2,1H3,(H,24,29)(H,27,28). The highest BCUT2D eigenvalue weighted by molar-refractivity contribution is 5.92. The molecule has 2 heterocycles. The van der Waals surface area contributed by atoms with Crippen LogP contribution >= 0.6 is 0 Å². The highest BCUT2D eigenvalue weighted by Gasteiger charge is 2.37. The fourth-order valence-corrected chi connectivity index (χ4v) is 3.56. The summed E-state index contributed by atoms with van der Waals surface area (Å²) in [6.45, 7) is 2.74. The molecule has 1 aromatic heterocycles. The predicted molar refractivity (Wildman–Crippen MR) is 109 cm³/mol. The molecule has 2 N–H and O–H groups in total. The Kier molecular flexibility index (Phi) is 5.03. The minimum absolute atomic E-state index is 0.159. The number of aliphatic carboxylic acids is 1. The van der Waals surface area contributed by atoms with Gasteiger partial charge in [0.15, 0.2) is 0 Å². The molecule has 0 saturated heterocycles. The number of aromatic nitrogens is 2. The van der Waals surface area contributed by atoms with Crippen LogP contribution in [0.1, 0.15) is 22.5 Å². The molecule has 2 amide bonds. The van der Waals surface area contributed by atoms with E-state index in [4.69, 9.17) is 0 Å². The molecule has 7 heteroatoms. The second kappa shape index (κ2) is 7.79. The molecule has 2 aromatic carbocycles. The van der Waals surface area contributed by atoms with Crippen LogP contribution in [0.15, 0.2) is 60.9 Å². The third-order valence-electron chi connectivity index (χ3n) is 5.16. The Morgan fingerprint density at radius 3 is 2.55 bits per heavy atom. The number of nitrogens with one attached hydrogen (secondary N) is 1. The highest BCUT2D eigenvalue weighted by atomic mass is 16.4. The van der Waals surface area contributed by atoms with Crippen LogP contribution in [0.25, 0.3) is 0 Å². The van der Waals surface area contributed by atoms with Crippen molar-refractivity contribution in [2.24, 2.45) is 0 Å². The Labute approximate surface area is 168 Å². The van der Waals surface area contributed by atoms with Gasteiger partial charge in [0.05, 0.1) is 18.6 Å². The van der Waals surface area contributed by atoms with E-state index in [1.54, 1.807) is 18.5 Å². The number of carbonyl (C=O) groups is 2. The Hall–Kier alpha value is -3.61. The molecular weight excluding hydrogens is 368 g/mol. The second-order valence-electron chi connectivity index (χ2n) is 7.23. The van der Waals surface area contributed by atoms with Crippen molar-refractivity contribution in [3.63, 3.8) is 0 Å². The van der Waals surface area contributed by atoms with Crippen LogP contribution < -0.4 is 5.32 Å². The maximum Gasteiger partial charge on any atom is 0.326 e. The van der Waals surface area contributed by atoms with Crippen LogP contribution in [0.4, 0.5) is 10.5 Å². The lowest BCUT2D eigenvalue weighted by Gasteiger charge is -2.33. The van der Waals surface area contributed by atoms with Crippen LogP contribution in [-0.2, 0) is 24.3 Å². The Balaban J connectivity index is 1.56. The topological polar surface area (TPSA) is 87.5 Å². The molecule has 1 unspecified atom stereocenters. The van der Waals surface area contributed by atoms with Gasteiger partial charge in [-0.05, 0) is 24.6 Å². The molecule has 0 saturated carbocycles. The molecule has 29 heavy (non-hydrogen) atoms. The largest absolute Gasteiger partial charge is 0.480 e. The first-order valence-electron chi connectivity index (χ1n) is 9.45. The lowest BCUT2D eigenvalue weighted by atomic mass is 10.0. The summed E-state index contributed by atoms with van der Waals surface area (Å²) in [4.78, 5) is 30.5. The number of carboxylic acids is 1. The minimum atomic E-state index is -1.03. The van der Waals surface area contributed by atoms with Gasteiger partial charge in [0.25, 0.3) is 0 Å². The van der Waals surface area contributed by atoms with Crippen molar-refractivity contribution in [3.8, 4) is 0 Å². The first-order valence-corrected chi connectivity index (χ1v) is 9.45. The minimum Gasteiger partial charge on any atom is -0.480 e. The van der Waals surface area contributed by atoms with Crippen molar-refractivity contribution in [1.82, 2.24) is 14.5 Å². The van der Waals surface area contributed by atoms with Crippen LogP contribution in [-0.4, -0.2) is 37.6 Å². The number of imidazole rings is 1. The molecule has 4 rings (SSSR count). The van der Waals surface area contributed by atoms with E-state index in [1.807, 2.05) is 54.0 Å². The van der Waals surface area contributed by atoms with E-state index in [9.17, 15) is 14.7 Å². The van der Waals surface area contributed by atoms with Gasteiger partial charge in [0, 0.05) is 24.3 Å². The number of hydrogen-bond acceptors (Lipinski definition) is 3. The van der Waals surface area contributed by atoms with Gasteiger partial charge in [-0.15, -0.1) is 0 Å². The highest BCUT2D eigenvalue weighted by Crippen LogP contribution is 2.25. The van der Waals surface area contributed by atoms with Crippen LogP contribution in [0, 0.1) is 6.92 Å². The van der Waals surface area contributed by atoms with Gasteiger partial charge in [0.1, 0.15) is 6.04 Å². The number of anilines is 1. The van der Waals surface area contributed by atoms with Crippen LogP contribution in [0.5, 0.6) is 0 Å². The van der Waals surface area contributed by atoms with Gasteiger partial charge in [-0.1, -0.05) is 48.0 Å². The van der Waals surface area contributed by atoms with Gasteiger partial charge in [-0.25, -0.2) is 14.6 Å². The number of benzene rings is 2. The van der Waals surface area contributed by atoms with Gasteiger partial charge < -0.3 is 19.9 Å². The van der Waals surface area contributed by atoms with E-state index in [0.717, 1.165) is 22.5 Å². The molecule has 1 aliphatic heterocycles. The number of nitrogens with zero attached hydrogens (tertiary/aromatic N) is 3. The number of amides is 2. The fourth-order valence-electron chi connectivity index (χ4n) is 3.56. The fraction of sp³-hybridized carbons (Fsp3) is 0.227. The quantitative estimate of drug-likeness (QED) is 0.716. The SMILES string of the molecule is Cc1ccc(NC(=O)N2Cc3ncn(Cc4ccccc4)c3CC2C(=O)O)cc1. The molecular formula is C22H22N4O3. The third kappa shape index (κ3) is 3.99. The van der Waals surface area contributed by atoms with Crippen molar-refractivity contribution >= 4 is 17.7 Å². The number of carbonyl (C=O) groups excluding carboxylic acids is 1. The molecule has 0 bridgehead atoms. The first kappa shape index (κ1) is 18.7. The average molecular weight is 390 g/mol. The zero-order valence-corrected chi connectivity index (χ0v) is 16.1. The number of fused-ring (bicyclic) bond motifs is 1. The van der Waals surface area contributed by atoms with Crippen molar-refractivity contribution in [1.29, 1.82) is 0 Å². The number of carboxylic acid groups (broad SMARTS) is 1. The van der Waals surface area contributed by atoms with Gasteiger partial charge in [-0.2, -0.15) is 0 Å². The normalized spacial score (nSPS) is 15.6. The number of rotatable bonds is 4. The molecule has 0 aliphatic carbocycles. The van der Waals surface area contributed by atoms with E-state index in [1.165, 1.54) is 4.90 Å². The van der Waals surface area contributed by atoms with E-state index < -0.39 is 18.0 Å². The molecule has 0 fully saturated rings. The smallest absolute Gasteiger partial charge is 0.326 e. The van der Waals surface area contributed by atoms with Gasteiger partial charge >= 0.3 is 12.0 Å². The predicted octanol–water partition coefficient (Wildman–Crippen LogP) is 3.28. The van der Waals surface area contributed by atoms with Gasteiger partial charge in [0.2, 0.25) is 0 Å². The van der Waals surface area contributed by atoms with Crippen molar-refractivity contribution in [3.05, 3.63) is 83.4 Å². The summed E-state index contributed by atoms with van der Waals surface area (Å²) in [6, 6.07) is 15.9. The van der Waals surface area contributed by atoms with E-state index >= 15 is 0 Å². The number of hydrogen-bond donors (Lipinski definition) is 2. The van der Waals surface area contributed by atoms with E-state index in [-0.39, 0.29) is 13.0 Å².